The molecule has 38 heavy (non-hydrogen) atoms. The Hall–Kier alpha value is -3.52. The van der Waals surface area contributed by atoms with E-state index in [-0.39, 0.29) is 18.1 Å². The molecule has 0 spiro atoms. The maximum atomic E-state index is 11.9. The summed E-state index contributed by atoms with van der Waals surface area (Å²) < 4.78 is 6.01. The summed E-state index contributed by atoms with van der Waals surface area (Å²) in [5.74, 6) is -0.426. The standard InChI is InChI=1S/C30H44N4O4/c1-3-4-5-6-7-8-9-10-11-12-13-14-15-16-17-18-19-20-29(35)31-21-23-38-24-22-32-30(36)28-26-34(37)27(2)25-33-28/h4-5,7-8,10-11,13-14,16-17,25-26H,3,6,9,12,15,18-24H2,1-2H3,(H,31,35)(H,32,36)/b5-4-,8-7-,11-10-,14-13-,17-16-. The molecule has 0 bridgehead atoms. The number of hydrogen-bond acceptors (Lipinski definition) is 5. The molecule has 0 radical (unpaired) electrons. The molecule has 1 rings (SSSR count). The van der Waals surface area contributed by atoms with Crippen molar-refractivity contribution in [1.82, 2.24) is 15.6 Å². The Labute approximate surface area is 227 Å². The fourth-order valence-corrected chi connectivity index (χ4v) is 3.11. The second-order valence-electron chi connectivity index (χ2n) is 8.56. The van der Waals surface area contributed by atoms with Crippen molar-refractivity contribution in [1.29, 1.82) is 0 Å². The van der Waals surface area contributed by atoms with Crippen LogP contribution in [0.3, 0.4) is 0 Å². The zero-order chi connectivity index (χ0) is 27.7. The lowest BCUT2D eigenvalue weighted by Crippen LogP contribution is -2.35. The SMILES string of the molecule is CC/C=C\C/C=C\C/C=C\C/C=C\C/C=C\CCCC(=O)NCCOCCNC(=O)c1c[n+]([O-])c(C)cn1. The van der Waals surface area contributed by atoms with Gasteiger partial charge in [0, 0.05) is 26.4 Å². The zero-order valence-electron chi connectivity index (χ0n) is 22.9. The molecule has 1 aromatic rings. The fraction of sp³-hybridized carbons (Fsp3) is 0.467. The third kappa shape index (κ3) is 17.8. The van der Waals surface area contributed by atoms with Crippen LogP contribution in [0.4, 0.5) is 0 Å². The molecule has 0 saturated heterocycles. The molecule has 0 aromatic carbocycles. The lowest BCUT2D eigenvalue weighted by molar-refractivity contribution is -0.613. The molecular formula is C30H44N4O4. The molecule has 0 atom stereocenters. The highest BCUT2D eigenvalue weighted by Crippen LogP contribution is 1.99. The van der Waals surface area contributed by atoms with Gasteiger partial charge in [0.25, 0.3) is 5.91 Å². The average Bonchev–Trinajstić information content (AvgIpc) is 2.91. The van der Waals surface area contributed by atoms with Crippen LogP contribution in [0.1, 0.15) is 74.5 Å². The number of rotatable bonds is 20. The second kappa shape index (κ2) is 22.7. The highest BCUT2D eigenvalue weighted by molar-refractivity contribution is 5.91. The first-order chi connectivity index (χ1) is 18.5. The lowest BCUT2D eigenvalue weighted by atomic mass is 10.2. The van der Waals surface area contributed by atoms with Crippen LogP contribution < -0.4 is 15.4 Å². The van der Waals surface area contributed by atoms with Gasteiger partial charge in [0.05, 0.1) is 19.4 Å². The van der Waals surface area contributed by atoms with Gasteiger partial charge in [-0.05, 0) is 44.9 Å². The van der Waals surface area contributed by atoms with Gasteiger partial charge in [-0.2, -0.15) is 4.73 Å². The molecule has 2 N–H and O–H groups in total. The summed E-state index contributed by atoms with van der Waals surface area (Å²) in [5.41, 5.74) is 0.476. The minimum atomic E-state index is -0.431. The molecular weight excluding hydrogens is 480 g/mol. The summed E-state index contributed by atoms with van der Waals surface area (Å²) >= 11 is 0. The molecule has 0 saturated carbocycles. The number of aryl methyl sites for hydroxylation is 1. The van der Waals surface area contributed by atoms with Crippen molar-refractivity contribution in [2.24, 2.45) is 0 Å². The molecule has 0 aliphatic heterocycles. The van der Waals surface area contributed by atoms with E-state index in [4.69, 9.17) is 4.74 Å². The zero-order valence-corrected chi connectivity index (χ0v) is 22.9. The molecule has 0 aliphatic rings. The monoisotopic (exact) mass is 524 g/mol. The normalized spacial score (nSPS) is 12.1. The smallest absolute Gasteiger partial charge is 0.276 e. The molecule has 1 aromatic heterocycles. The van der Waals surface area contributed by atoms with Crippen LogP contribution in [0.15, 0.2) is 73.2 Å². The number of unbranched alkanes of at least 4 members (excludes halogenated alkanes) is 1. The molecule has 8 nitrogen and oxygen atoms in total. The third-order valence-electron chi connectivity index (χ3n) is 5.24. The van der Waals surface area contributed by atoms with Gasteiger partial charge in [0.2, 0.25) is 17.8 Å². The molecule has 208 valence electrons. The summed E-state index contributed by atoms with van der Waals surface area (Å²) in [5, 5.41) is 16.9. The van der Waals surface area contributed by atoms with Crippen LogP contribution in [-0.2, 0) is 9.53 Å². The van der Waals surface area contributed by atoms with E-state index in [0.717, 1.165) is 51.1 Å². The van der Waals surface area contributed by atoms with Crippen LogP contribution in [0.2, 0.25) is 0 Å². The van der Waals surface area contributed by atoms with Crippen LogP contribution in [0.5, 0.6) is 0 Å². The summed E-state index contributed by atoms with van der Waals surface area (Å²) in [6.45, 7) is 5.12. The minimum Gasteiger partial charge on any atom is -0.618 e. The van der Waals surface area contributed by atoms with Gasteiger partial charge in [-0.15, -0.1) is 0 Å². The number of nitrogens with one attached hydrogen (secondary N) is 2. The third-order valence-corrected chi connectivity index (χ3v) is 5.24. The van der Waals surface area contributed by atoms with Crippen molar-refractivity contribution < 1.29 is 19.1 Å². The number of carbonyl (C=O) groups is 2. The van der Waals surface area contributed by atoms with Crippen molar-refractivity contribution in [3.05, 3.63) is 89.7 Å². The minimum absolute atomic E-state index is 0.00520. The van der Waals surface area contributed by atoms with Crippen LogP contribution in [-0.4, -0.2) is 43.1 Å². The highest BCUT2D eigenvalue weighted by atomic mass is 16.5. The molecule has 2 amide bonds. The van der Waals surface area contributed by atoms with Crippen molar-refractivity contribution in [2.45, 2.75) is 65.2 Å². The van der Waals surface area contributed by atoms with Crippen LogP contribution in [0.25, 0.3) is 0 Å². The van der Waals surface area contributed by atoms with E-state index in [9.17, 15) is 14.8 Å². The number of nitrogens with zero attached hydrogens (tertiary/aromatic N) is 2. The second-order valence-corrected chi connectivity index (χ2v) is 8.56. The maximum absolute atomic E-state index is 11.9. The number of ether oxygens (including phenoxy) is 1. The van der Waals surface area contributed by atoms with Gasteiger partial charge >= 0.3 is 0 Å². The van der Waals surface area contributed by atoms with Gasteiger partial charge in [0.15, 0.2) is 5.69 Å². The number of carbonyl (C=O) groups excluding carboxylic acids is 2. The number of aromatic nitrogens is 2. The summed E-state index contributed by atoms with van der Waals surface area (Å²) in [6, 6.07) is 0. The Bertz CT molecular complexity index is 952. The Morgan fingerprint density at radius 2 is 1.45 bits per heavy atom. The Morgan fingerprint density at radius 3 is 2.03 bits per heavy atom. The maximum Gasteiger partial charge on any atom is 0.276 e. The number of allylic oxidation sites excluding steroid dienone is 10. The Balaban J connectivity index is 1.94. The fourth-order valence-electron chi connectivity index (χ4n) is 3.11. The molecule has 0 unspecified atom stereocenters. The predicted octanol–water partition coefficient (Wildman–Crippen LogP) is 4.81. The summed E-state index contributed by atoms with van der Waals surface area (Å²) in [4.78, 5) is 27.7. The first kappa shape index (κ1) is 32.5. The molecule has 1 heterocycles. The van der Waals surface area contributed by atoms with Crippen LogP contribution in [0, 0.1) is 12.1 Å². The van der Waals surface area contributed by atoms with Gasteiger partial charge in [-0.3, -0.25) is 9.59 Å². The molecule has 0 aliphatic carbocycles. The van der Waals surface area contributed by atoms with Crippen LogP contribution >= 0.6 is 0 Å². The van der Waals surface area contributed by atoms with E-state index < -0.39 is 5.91 Å². The molecule has 0 fully saturated rings. The largest absolute Gasteiger partial charge is 0.618 e. The van der Waals surface area contributed by atoms with E-state index in [1.54, 1.807) is 6.92 Å². The van der Waals surface area contributed by atoms with Crippen molar-refractivity contribution in [3.63, 3.8) is 0 Å². The first-order valence-corrected chi connectivity index (χ1v) is 13.5. The van der Waals surface area contributed by atoms with Gasteiger partial charge < -0.3 is 20.6 Å². The van der Waals surface area contributed by atoms with E-state index >= 15 is 0 Å². The van der Waals surface area contributed by atoms with Crippen molar-refractivity contribution in [2.75, 3.05) is 26.3 Å². The van der Waals surface area contributed by atoms with Crippen molar-refractivity contribution >= 4 is 11.8 Å². The summed E-state index contributed by atoms with van der Waals surface area (Å²) in [6.07, 6.45) is 31.3. The van der Waals surface area contributed by atoms with Gasteiger partial charge in [-0.25, -0.2) is 4.98 Å². The first-order valence-electron chi connectivity index (χ1n) is 13.5. The molecule has 8 heteroatoms. The quantitative estimate of drug-likeness (QED) is 0.110. The van der Waals surface area contributed by atoms with E-state index in [1.165, 1.54) is 6.20 Å². The Morgan fingerprint density at radius 1 is 0.895 bits per heavy atom. The van der Waals surface area contributed by atoms with Gasteiger partial charge in [0.1, 0.15) is 0 Å². The topological polar surface area (TPSA) is 107 Å². The van der Waals surface area contributed by atoms with E-state index in [1.807, 2.05) is 0 Å². The van der Waals surface area contributed by atoms with E-state index in [0.29, 0.717) is 36.6 Å². The Kier molecular flexibility index (Phi) is 19.4. The van der Waals surface area contributed by atoms with E-state index in [2.05, 4.69) is 83.3 Å². The number of amides is 2. The van der Waals surface area contributed by atoms with Gasteiger partial charge in [-0.1, -0.05) is 67.7 Å². The summed E-state index contributed by atoms with van der Waals surface area (Å²) in [7, 11) is 0. The highest BCUT2D eigenvalue weighted by Gasteiger charge is 2.11. The van der Waals surface area contributed by atoms with Crippen molar-refractivity contribution in [3.8, 4) is 0 Å². The average molecular weight is 525 g/mol. The predicted molar refractivity (Wildman–Crippen MR) is 152 cm³/mol. The lowest BCUT2D eigenvalue weighted by Gasteiger charge is -2.07. The number of hydrogen-bond donors (Lipinski definition) is 2.